The van der Waals surface area contributed by atoms with Crippen LogP contribution in [0, 0.1) is 5.92 Å². The van der Waals surface area contributed by atoms with Gasteiger partial charge in [-0.25, -0.2) is 9.98 Å². The second kappa shape index (κ2) is 15.4. The van der Waals surface area contributed by atoms with Gasteiger partial charge in [0, 0.05) is 64.7 Å². The van der Waals surface area contributed by atoms with Gasteiger partial charge in [0.1, 0.15) is 12.0 Å². The van der Waals surface area contributed by atoms with E-state index in [1.54, 1.807) is 0 Å². The topological polar surface area (TPSA) is 68.0 Å². The molecule has 0 amide bonds. The zero-order chi connectivity index (χ0) is 41.0. The molecule has 8 aliphatic rings. The van der Waals surface area contributed by atoms with Gasteiger partial charge in [0.05, 0.1) is 23.5 Å². The number of hydrogen-bond acceptors (Lipinski definition) is 7. The van der Waals surface area contributed by atoms with Crippen LogP contribution in [0.4, 0.5) is 11.4 Å². The fraction of sp³-hybridized carbons (Fsp3) is 0.200. The summed E-state index contributed by atoms with van der Waals surface area (Å²) >= 11 is 0. The maximum absolute atomic E-state index is 5.73. The molecule has 4 aromatic carbocycles. The Hall–Kier alpha value is -7.12. The van der Waals surface area contributed by atoms with E-state index in [9.17, 15) is 0 Å². The molecule has 5 unspecified atom stereocenters. The number of nitrogens with one attached hydrogen (secondary N) is 1. The average molecular weight is 806 g/mol. The Labute approximate surface area is 363 Å². The smallest absolute Gasteiger partial charge is 0.161 e. The lowest BCUT2D eigenvalue weighted by molar-refractivity contribution is 0.386. The average Bonchev–Trinajstić information content (AvgIpc) is 3.87. The molecule has 0 radical (unpaired) electrons. The first kappa shape index (κ1) is 36.7. The number of rotatable bonds is 7. The lowest BCUT2D eigenvalue weighted by Crippen LogP contribution is -2.40. The van der Waals surface area contributed by atoms with Crippen LogP contribution in [0.3, 0.4) is 0 Å². The van der Waals surface area contributed by atoms with Gasteiger partial charge in [0.15, 0.2) is 5.84 Å². The summed E-state index contributed by atoms with van der Waals surface area (Å²) in [5, 5.41) is 3.91. The van der Waals surface area contributed by atoms with Crippen molar-refractivity contribution in [2.75, 3.05) is 4.90 Å². The van der Waals surface area contributed by atoms with Crippen molar-refractivity contribution in [3.63, 3.8) is 0 Å². The third-order valence-electron chi connectivity index (χ3n) is 13.6. The summed E-state index contributed by atoms with van der Waals surface area (Å²) in [7, 11) is 0. The number of allylic oxidation sites excluding steroid dienone is 9. The summed E-state index contributed by atoms with van der Waals surface area (Å²) < 4.78 is 0. The van der Waals surface area contributed by atoms with Crippen LogP contribution in [0.5, 0.6) is 0 Å². The van der Waals surface area contributed by atoms with Crippen LogP contribution in [0.1, 0.15) is 78.4 Å². The van der Waals surface area contributed by atoms with Gasteiger partial charge in [-0.05, 0) is 84.1 Å². The molecule has 5 heterocycles. The maximum atomic E-state index is 5.73. The van der Waals surface area contributed by atoms with E-state index in [-0.39, 0.29) is 30.1 Å². The van der Waals surface area contributed by atoms with Gasteiger partial charge >= 0.3 is 0 Å². The minimum atomic E-state index is -0.369. The van der Waals surface area contributed by atoms with E-state index < -0.39 is 0 Å². The monoisotopic (exact) mass is 805 g/mol. The minimum absolute atomic E-state index is 0.0182. The Bertz CT molecular complexity index is 2860. The highest BCUT2D eigenvalue weighted by molar-refractivity contribution is 6.18. The lowest BCUT2D eigenvalue weighted by atomic mass is 9.87. The summed E-state index contributed by atoms with van der Waals surface area (Å²) in [6, 6.07) is 37.3. The van der Waals surface area contributed by atoms with Gasteiger partial charge in [-0.2, -0.15) is 0 Å². The SMILES string of the molecule is C1=CCCC(c2cccc(C3=NC(C4=CCCC(c5ccccc5)=C4N4C5=C(C=CCC5)C5C=CN=CC54)=NC(c4ccccc4)N3)c2N2c3ccccc3C3C=CN=CC32)=C1. The standard InChI is InChI=1S/C55H47N7/c1-4-16-36(17-5-1)39-24-14-26-45(51(39)61-47-28-12-10-22-41(47)43-30-32-56-34-49(43)61)54-58-53(38-20-8-3-9-21-38)59-55(60-54)46-27-15-25-40(37-18-6-2-7-19-37)52(46)62-48-29-13-11-23-42(48)44-31-33-57-35-50(44)62/h1-6,8-11,13,15-18,20-23,25-27,29-35,43-44,49-50,53H,7,12,14,19,24,28H2,(H,58,59,60). The highest BCUT2D eigenvalue weighted by atomic mass is 15.3. The summed E-state index contributed by atoms with van der Waals surface area (Å²) in [6.07, 6.45) is 32.0. The minimum Gasteiger partial charge on any atom is -0.344 e. The number of benzene rings is 4. The molecule has 5 aliphatic heterocycles. The number of fused-ring (bicyclic) bond motifs is 5. The normalized spacial score (nSPS) is 25.5. The Kier molecular flexibility index (Phi) is 9.12. The summed E-state index contributed by atoms with van der Waals surface area (Å²) in [6.45, 7) is 0. The van der Waals surface area contributed by atoms with E-state index in [0.29, 0.717) is 0 Å². The van der Waals surface area contributed by atoms with E-state index in [1.807, 2.05) is 12.4 Å². The molecule has 4 aromatic rings. The van der Waals surface area contributed by atoms with Gasteiger partial charge in [0.25, 0.3) is 0 Å². The fourth-order valence-electron chi connectivity index (χ4n) is 10.8. The third kappa shape index (κ3) is 6.09. The number of amidine groups is 2. The van der Waals surface area contributed by atoms with Crippen molar-refractivity contribution in [1.82, 2.24) is 10.2 Å². The molecule has 0 saturated carbocycles. The zero-order valence-corrected chi connectivity index (χ0v) is 34.6. The largest absolute Gasteiger partial charge is 0.344 e. The van der Waals surface area contributed by atoms with Crippen molar-refractivity contribution in [3.8, 4) is 0 Å². The molecule has 3 aliphatic carbocycles. The molecule has 0 aromatic heterocycles. The van der Waals surface area contributed by atoms with Gasteiger partial charge < -0.3 is 15.1 Å². The molecular weight excluding hydrogens is 759 g/mol. The first-order valence-electron chi connectivity index (χ1n) is 22.2. The molecule has 0 bridgehead atoms. The van der Waals surface area contributed by atoms with Crippen molar-refractivity contribution in [2.24, 2.45) is 25.9 Å². The number of anilines is 2. The second-order valence-corrected chi connectivity index (χ2v) is 17.0. The van der Waals surface area contributed by atoms with E-state index >= 15 is 0 Å². The van der Waals surface area contributed by atoms with Crippen LogP contribution < -0.4 is 10.2 Å². The zero-order valence-electron chi connectivity index (χ0n) is 34.6. The quantitative estimate of drug-likeness (QED) is 0.202. The van der Waals surface area contributed by atoms with E-state index in [0.717, 1.165) is 72.6 Å². The van der Waals surface area contributed by atoms with Crippen LogP contribution in [0.2, 0.25) is 0 Å². The third-order valence-corrected chi connectivity index (χ3v) is 13.6. The van der Waals surface area contributed by atoms with Crippen LogP contribution >= 0.6 is 0 Å². The molecule has 12 rings (SSSR count). The fourth-order valence-corrected chi connectivity index (χ4v) is 10.8. The van der Waals surface area contributed by atoms with E-state index in [2.05, 4.69) is 179 Å². The molecule has 0 saturated heterocycles. The predicted molar refractivity (Wildman–Crippen MR) is 255 cm³/mol. The lowest BCUT2D eigenvalue weighted by Gasteiger charge is -2.38. The Morgan fingerprint density at radius 3 is 2.26 bits per heavy atom. The molecule has 62 heavy (non-hydrogen) atoms. The highest BCUT2D eigenvalue weighted by Crippen LogP contribution is 2.51. The molecule has 0 fully saturated rings. The van der Waals surface area contributed by atoms with Gasteiger partial charge in [0.2, 0.25) is 0 Å². The van der Waals surface area contributed by atoms with Crippen molar-refractivity contribution in [1.29, 1.82) is 0 Å². The van der Waals surface area contributed by atoms with Crippen LogP contribution in [-0.2, 0) is 0 Å². The number of hydrogen-bond donors (Lipinski definition) is 1. The summed E-state index contributed by atoms with van der Waals surface area (Å²) in [5.74, 6) is 1.98. The van der Waals surface area contributed by atoms with Crippen LogP contribution in [0.25, 0.3) is 11.1 Å². The van der Waals surface area contributed by atoms with Crippen molar-refractivity contribution >= 4 is 46.6 Å². The number of nitrogens with zero attached hydrogens (tertiary/aromatic N) is 6. The predicted octanol–water partition coefficient (Wildman–Crippen LogP) is 11.7. The Morgan fingerprint density at radius 2 is 1.42 bits per heavy atom. The Balaban J connectivity index is 1.08. The number of aliphatic imine (C=N–C) groups is 4. The first-order chi connectivity index (χ1) is 30.8. The number of para-hydroxylation sites is 2. The van der Waals surface area contributed by atoms with E-state index in [4.69, 9.17) is 20.0 Å². The van der Waals surface area contributed by atoms with Gasteiger partial charge in [-0.3, -0.25) is 9.98 Å². The van der Waals surface area contributed by atoms with Crippen molar-refractivity contribution in [2.45, 2.75) is 62.7 Å². The van der Waals surface area contributed by atoms with E-state index in [1.165, 1.54) is 50.5 Å². The van der Waals surface area contributed by atoms with Crippen molar-refractivity contribution < 1.29 is 0 Å². The van der Waals surface area contributed by atoms with Crippen LogP contribution in [0.15, 0.2) is 207 Å². The maximum Gasteiger partial charge on any atom is 0.161 e. The van der Waals surface area contributed by atoms with Gasteiger partial charge in [-0.15, -0.1) is 0 Å². The Morgan fingerprint density at radius 1 is 0.661 bits per heavy atom. The molecule has 7 heteroatoms. The highest BCUT2D eigenvalue weighted by Gasteiger charge is 2.44. The molecule has 5 atom stereocenters. The van der Waals surface area contributed by atoms with Gasteiger partial charge in [-0.1, -0.05) is 140 Å². The molecule has 7 nitrogen and oxygen atoms in total. The van der Waals surface area contributed by atoms with Crippen molar-refractivity contribution in [3.05, 3.63) is 214 Å². The first-order valence-corrected chi connectivity index (χ1v) is 22.2. The summed E-state index contributed by atoms with van der Waals surface area (Å²) in [5.41, 5.74) is 15.9. The molecule has 1 N–H and O–H groups in total. The molecule has 302 valence electrons. The molecular formula is C55H47N7. The second-order valence-electron chi connectivity index (χ2n) is 17.0. The molecule has 0 spiro atoms. The van der Waals surface area contributed by atoms with Crippen LogP contribution in [-0.4, -0.2) is 41.1 Å². The summed E-state index contributed by atoms with van der Waals surface area (Å²) in [4.78, 5) is 26.0.